The largest absolute Gasteiger partial charge is 0.482 e. The summed E-state index contributed by atoms with van der Waals surface area (Å²) in [6.07, 6.45) is 8.53. The van der Waals surface area contributed by atoms with Gasteiger partial charge in [0.25, 0.3) is 5.91 Å². The van der Waals surface area contributed by atoms with Crippen LogP contribution in [0, 0.1) is 28.6 Å². The average Bonchev–Trinajstić information content (AvgIpc) is 3.74. The molecule has 0 unspecified atom stereocenters. The number of likely N-dealkylation sites (N-methyl/N-ethyl adjacent to an activating group) is 1. The molecule has 2 aromatic carbocycles. The van der Waals surface area contributed by atoms with Crippen LogP contribution < -0.4 is 5.32 Å². The molecule has 3 aromatic rings. The van der Waals surface area contributed by atoms with Gasteiger partial charge in [-0.15, -0.1) is 0 Å². The normalized spacial score (nSPS) is 27.3. The van der Waals surface area contributed by atoms with E-state index in [1.165, 1.54) is 5.56 Å². The van der Waals surface area contributed by atoms with Gasteiger partial charge in [0.1, 0.15) is 17.2 Å². The highest BCUT2D eigenvalue weighted by atomic mass is 16.7. The zero-order chi connectivity index (χ0) is 36.9. The van der Waals surface area contributed by atoms with Gasteiger partial charge in [-0.1, -0.05) is 50.2 Å². The van der Waals surface area contributed by atoms with Crippen LogP contribution in [0.5, 0.6) is 0 Å². The molecule has 2 saturated heterocycles. The molecule has 3 saturated carbocycles. The Morgan fingerprint density at radius 1 is 1.13 bits per heavy atom. The van der Waals surface area contributed by atoms with Crippen LogP contribution in [0.1, 0.15) is 75.6 Å². The van der Waals surface area contributed by atoms with Crippen molar-refractivity contribution in [2.45, 2.75) is 96.5 Å². The molecule has 2 bridgehead atoms. The molecule has 0 spiro atoms. The van der Waals surface area contributed by atoms with Crippen molar-refractivity contribution < 1.29 is 28.1 Å². The second-order valence-corrected chi connectivity index (χ2v) is 16.6. The molecular weight excluding hydrogens is 667 g/mol. The topological polar surface area (TPSA) is 117 Å². The Balaban J connectivity index is 0.964. The third-order valence-corrected chi connectivity index (χ3v) is 13.2. The van der Waals surface area contributed by atoms with Crippen LogP contribution in [0.25, 0.3) is 17.0 Å². The van der Waals surface area contributed by atoms with E-state index in [0.717, 1.165) is 66.3 Å². The van der Waals surface area contributed by atoms with Crippen molar-refractivity contribution in [1.82, 2.24) is 15.1 Å². The number of amides is 2. The highest BCUT2D eigenvalue weighted by Crippen LogP contribution is 2.65. The summed E-state index contributed by atoms with van der Waals surface area (Å²) in [5.41, 5.74) is 4.92. The zero-order valence-electron chi connectivity index (χ0n) is 31.4. The molecule has 3 aliphatic carbocycles. The highest BCUT2D eigenvalue weighted by Gasteiger charge is 2.68. The molecule has 1 aromatic heterocycles. The maximum absolute atomic E-state index is 13.9. The summed E-state index contributed by atoms with van der Waals surface area (Å²) in [4.78, 5) is 31.4. The lowest BCUT2D eigenvalue weighted by Crippen LogP contribution is -2.65. The van der Waals surface area contributed by atoms with Crippen LogP contribution in [0.15, 0.2) is 58.7 Å². The Kier molecular flexibility index (Phi) is 9.77. The van der Waals surface area contributed by atoms with Crippen molar-refractivity contribution in [2.24, 2.45) is 17.3 Å². The van der Waals surface area contributed by atoms with E-state index in [1.54, 1.807) is 17.2 Å². The molecule has 2 amide bonds. The smallest absolute Gasteiger partial charge is 0.464 e. The van der Waals surface area contributed by atoms with Crippen molar-refractivity contribution in [3.05, 3.63) is 76.6 Å². The van der Waals surface area contributed by atoms with E-state index in [4.69, 9.17) is 18.5 Å². The van der Waals surface area contributed by atoms with Crippen LogP contribution in [-0.2, 0) is 43.0 Å². The Labute approximate surface area is 312 Å². The van der Waals surface area contributed by atoms with Crippen LogP contribution in [0.2, 0.25) is 0 Å². The lowest BCUT2D eigenvalue weighted by Gasteiger charge is -2.64. The molecular formula is C42H51BN4O6. The van der Waals surface area contributed by atoms with Gasteiger partial charge in [-0.05, 0) is 104 Å². The van der Waals surface area contributed by atoms with Crippen LogP contribution >= 0.6 is 0 Å². The Morgan fingerprint density at radius 2 is 1.94 bits per heavy atom. The maximum atomic E-state index is 13.9. The summed E-state index contributed by atoms with van der Waals surface area (Å²) >= 11 is 0. The van der Waals surface area contributed by atoms with Gasteiger partial charge in [0, 0.05) is 44.3 Å². The number of carbonyl (C=O) groups is 2. The summed E-state index contributed by atoms with van der Waals surface area (Å²) in [5.74, 6) is 0.338. The first-order valence-corrected chi connectivity index (χ1v) is 19.5. The molecule has 1 N–H and O–H groups in total. The second kappa shape index (κ2) is 14.4. The predicted molar refractivity (Wildman–Crippen MR) is 202 cm³/mol. The van der Waals surface area contributed by atoms with Gasteiger partial charge in [0.15, 0.2) is 0 Å². The Bertz CT molecular complexity index is 1950. The number of fused-ring (bicyclic) bond motifs is 2. The Hall–Kier alpha value is -3.95. The quantitative estimate of drug-likeness (QED) is 0.161. The number of rotatable bonds is 10. The minimum absolute atomic E-state index is 0.00959. The second-order valence-electron chi connectivity index (χ2n) is 16.6. The molecule has 9 rings (SSSR count). The first kappa shape index (κ1) is 36.1. The third kappa shape index (κ3) is 6.73. The van der Waals surface area contributed by atoms with Gasteiger partial charge >= 0.3 is 7.12 Å². The van der Waals surface area contributed by atoms with Gasteiger partial charge < -0.3 is 28.7 Å². The number of benzene rings is 2. The molecule has 0 radical (unpaired) electrons. The fourth-order valence-corrected chi connectivity index (χ4v) is 10.1. The fraction of sp³-hybridized carbons (Fsp3) is 0.548. The first-order valence-electron chi connectivity index (χ1n) is 19.5. The molecule has 4 heterocycles. The highest BCUT2D eigenvalue weighted by molar-refractivity contribution is 6.48. The van der Waals surface area contributed by atoms with E-state index in [0.29, 0.717) is 44.6 Å². The van der Waals surface area contributed by atoms with Gasteiger partial charge in [0.05, 0.1) is 30.5 Å². The number of nitrogens with zero attached hydrogens (tertiary/aromatic N) is 3. The average molecular weight is 719 g/mol. The monoisotopic (exact) mass is 718 g/mol. The number of hydrogen-bond acceptors (Lipinski definition) is 8. The van der Waals surface area contributed by atoms with Gasteiger partial charge in [0.2, 0.25) is 5.91 Å². The maximum Gasteiger partial charge on any atom is 0.482 e. The van der Waals surface area contributed by atoms with Crippen LogP contribution in [-0.4, -0.2) is 85.3 Å². The number of hydrogen-bond donors (Lipinski definition) is 1. The number of ether oxygens (including phenoxy) is 1. The molecule has 11 heteroatoms. The van der Waals surface area contributed by atoms with Crippen molar-refractivity contribution in [3.63, 3.8) is 0 Å². The molecule has 53 heavy (non-hydrogen) atoms. The van der Waals surface area contributed by atoms with Gasteiger partial charge in [-0.25, -0.2) is 0 Å². The van der Waals surface area contributed by atoms with E-state index in [-0.39, 0.29) is 47.1 Å². The number of carbonyl (C=O) groups excluding carboxylic acids is 2. The number of nitriles is 1. The fourth-order valence-electron chi connectivity index (χ4n) is 10.1. The van der Waals surface area contributed by atoms with Crippen molar-refractivity contribution >= 4 is 36.0 Å². The first-order chi connectivity index (χ1) is 25.6. The van der Waals surface area contributed by atoms with Gasteiger partial charge in [-0.3, -0.25) is 14.5 Å². The SMILES string of the molecule is CCN(C(=O)/C(C#N)=C/c1ccc2c(c1)CN(CC(=O)N[C@@H](Cc1coc3ccccc13)B1O[C@@H]3C[C@@H]4C[C@@H](C4(C)C)[C@]3(C)O1)CC2)C1CCOCC1. The molecule has 278 valence electrons. The van der Waals surface area contributed by atoms with Crippen LogP contribution in [0.3, 0.4) is 0 Å². The van der Waals surface area contributed by atoms with E-state index >= 15 is 0 Å². The zero-order valence-corrected chi connectivity index (χ0v) is 31.4. The molecule has 6 aliphatic rings. The minimum atomic E-state index is -0.568. The summed E-state index contributed by atoms with van der Waals surface area (Å²) < 4.78 is 25.0. The van der Waals surface area contributed by atoms with Crippen molar-refractivity contribution in [2.75, 3.05) is 32.8 Å². The summed E-state index contributed by atoms with van der Waals surface area (Å²) in [6.45, 7) is 12.2. The molecule has 5 atom stereocenters. The van der Waals surface area contributed by atoms with E-state index in [9.17, 15) is 14.9 Å². The molecule has 5 fully saturated rings. The lowest BCUT2D eigenvalue weighted by atomic mass is 9.43. The summed E-state index contributed by atoms with van der Waals surface area (Å²) in [7, 11) is -0.568. The Morgan fingerprint density at radius 3 is 2.72 bits per heavy atom. The number of furan rings is 1. The van der Waals surface area contributed by atoms with E-state index in [2.05, 4.69) is 55.3 Å². The van der Waals surface area contributed by atoms with Crippen LogP contribution in [0.4, 0.5) is 0 Å². The summed E-state index contributed by atoms with van der Waals surface area (Å²) in [6, 6.07) is 16.3. The number of nitrogens with one attached hydrogen (secondary N) is 1. The molecule has 3 aliphatic heterocycles. The standard InChI is InChI=1S/C42H51BN4O6/c1-5-47(33-13-16-50-17-14-33)40(49)29(23-44)18-27-10-11-28-12-15-46(24-30(28)19-27)25-39(48)45-38(20-31-26-51-35-9-7-6-8-34(31)35)43-52-37-22-32-21-36(41(32,2)3)42(37,4)53-43/h6-11,18-19,26,32-33,36-38H,5,12-17,20-22,24-25H2,1-4H3,(H,45,48)/b29-18+/t32-,36-,37+,38-,42-/m0/s1. The van der Waals surface area contributed by atoms with Crippen molar-refractivity contribution in [1.29, 1.82) is 5.26 Å². The van der Waals surface area contributed by atoms with Gasteiger partial charge in [-0.2, -0.15) is 5.26 Å². The van der Waals surface area contributed by atoms with E-state index < -0.39 is 13.1 Å². The summed E-state index contributed by atoms with van der Waals surface area (Å²) in [5, 5.41) is 14.4. The van der Waals surface area contributed by atoms with Crippen molar-refractivity contribution in [3.8, 4) is 6.07 Å². The third-order valence-electron chi connectivity index (χ3n) is 13.2. The minimum Gasteiger partial charge on any atom is -0.464 e. The lowest BCUT2D eigenvalue weighted by molar-refractivity contribution is -0.199. The number of para-hydroxylation sites is 1. The van der Waals surface area contributed by atoms with E-state index in [1.807, 2.05) is 31.2 Å². The predicted octanol–water partition coefficient (Wildman–Crippen LogP) is 5.72. The molecule has 10 nitrogen and oxygen atoms in total.